The molecule has 20 heavy (non-hydrogen) atoms. The summed E-state index contributed by atoms with van der Waals surface area (Å²) in [5.74, 6) is 0.0610. The van der Waals surface area contributed by atoms with Gasteiger partial charge < -0.3 is 15.2 Å². The van der Waals surface area contributed by atoms with Crippen LogP contribution < -0.4 is 10.1 Å². The van der Waals surface area contributed by atoms with Gasteiger partial charge in [-0.15, -0.1) is 0 Å². The van der Waals surface area contributed by atoms with E-state index in [1.54, 1.807) is 7.11 Å². The van der Waals surface area contributed by atoms with Gasteiger partial charge in [0.25, 0.3) is 0 Å². The van der Waals surface area contributed by atoms with Crippen LogP contribution in [0.2, 0.25) is 0 Å². The summed E-state index contributed by atoms with van der Waals surface area (Å²) in [6, 6.07) is 5.79. The second kappa shape index (κ2) is 7.64. The SMILES string of the molecule is CCC(CC)(CNCc1cc(Br)ccc1OC)C(=O)O. The van der Waals surface area contributed by atoms with Crippen LogP contribution in [-0.4, -0.2) is 24.7 Å². The summed E-state index contributed by atoms with van der Waals surface area (Å²) < 4.78 is 6.28. The first-order valence-corrected chi connectivity index (χ1v) is 7.55. The zero-order valence-corrected chi connectivity index (χ0v) is 13.8. The van der Waals surface area contributed by atoms with Gasteiger partial charge in [-0.1, -0.05) is 29.8 Å². The van der Waals surface area contributed by atoms with Gasteiger partial charge in [-0.2, -0.15) is 0 Å². The van der Waals surface area contributed by atoms with E-state index in [0.29, 0.717) is 25.9 Å². The molecular weight excluding hydrogens is 322 g/mol. The first kappa shape index (κ1) is 17.0. The maximum absolute atomic E-state index is 11.4. The molecule has 0 bridgehead atoms. The van der Waals surface area contributed by atoms with Crippen molar-refractivity contribution in [2.24, 2.45) is 5.41 Å². The molecule has 1 aromatic carbocycles. The van der Waals surface area contributed by atoms with Crippen LogP contribution in [-0.2, 0) is 11.3 Å². The average Bonchev–Trinajstić information content (AvgIpc) is 2.44. The summed E-state index contributed by atoms with van der Waals surface area (Å²) in [6.07, 6.45) is 1.23. The van der Waals surface area contributed by atoms with E-state index in [0.717, 1.165) is 15.8 Å². The number of benzene rings is 1. The maximum Gasteiger partial charge on any atom is 0.310 e. The zero-order valence-electron chi connectivity index (χ0n) is 12.2. The lowest BCUT2D eigenvalue weighted by Crippen LogP contribution is -2.40. The van der Waals surface area contributed by atoms with Gasteiger partial charge in [0.15, 0.2) is 0 Å². The van der Waals surface area contributed by atoms with E-state index in [9.17, 15) is 9.90 Å². The Morgan fingerprint density at radius 2 is 2.05 bits per heavy atom. The molecule has 0 aromatic heterocycles. The molecule has 0 spiro atoms. The smallest absolute Gasteiger partial charge is 0.310 e. The fourth-order valence-electron chi connectivity index (χ4n) is 2.20. The van der Waals surface area contributed by atoms with Gasteiger partial charge in [-0.05, 0) is 31.0 Å². The normalized spacial score (nSPS) is 11.4. The molecule has 0 heterocycles. The van der Waals surface area contributed by atoms with Crippen molar-refractivity contribution in [3.8, 4) is 5.75 Å². The lowest BCUT2D eigenvalue weighted by Gasteiger charge is -2.27. The zero-order chi connectivity index (χ0) is 15.2. The van der Waals surface area contributed by atoms with Gasteiger partial charge in [-0.25, -0.2) is 0 Å². The van der Waals surface area contributed by atoms with Gasteiger partial charge in [0, 0.05) is 23.1 Å². The van der Waals surface area contributed by atoms with Crippen molar-refractivity contribution in [3.63, 3.8) is 0 Å². The quantitative estimate of drug-likeness (QED) is 0.759. The molecule has 0 aliphatic carbocycles. The molecule has 0 aliphatic rings. The number of nitrogens with one attached hydrogen (secondary N) is 1. The van der Waals surface area contributed by atoms with Gasteiger partial charge in [-0.3, -0.25) is 4.79 Å². The molecule has 5 heteroatoms. The number of carboxylic acid groups (broad SMARTS) is 1. The highest BCUT2D eigenvalue weighted by molar-refractivity contribution is 9.10. The van der Waals surface area contributed by atoms with Crippen LogP contribution in [0.25, 0.3) is 0 Å². The Bertz CT molecular complexity index is 458. The molecule has 0 aliphatic heterocycles. The summed E-state index contributed by atoms with van der Waals surface area (Å²) >= 11 is 3.43. The summed E-state index contributed by atoms with van der Waals surface area (Å²) in [5, 5.41) is 12.6. The summed E-state index contributed by atoms with van der Waals surface area (Å²) in [5.41, 5.74) is 0.313. The fraction of sp³-hybridized carbons (Fsp3) is 0.533. The topological polar surface area (TPSA) is 58.6 Å². The molecule has 0 atom stereocenters. The van der Waals surface area contributed by atoms with Gasteiger partial charge in [0.05, 0.1) is 12.5 Å². The molecule has 0 saturated carbocycles. The lowest BCUT2D eigenvalue weighted by atomic mass is 9.82. The molecule has 2 N–H and O–H groups in total. The number of ether oxygens (including phenoxy) is 1. The third-order valence-electron chi connectivity index (χ3n) is 3.83. The number of carboxylic acids is 1. The Hall–Kier alpha value is -1.07. The van der Waals surface area contributed by atoms with Gasteiger partial charge >= 0.3 is 5.97 Å². The molecule has 0 amide bonds. The van der Waals surface area contributed by atoms with E-state index in [-0.39, 0.29) is 0 Å². The van der Waals surface area contributed by atoms with E-state index < -0.39 is 11.4 Å². The Labute approximate surface area is 128 Å². The Kier molecular flexibility index (Phi) is 6.49. The Morgan fingerprint density at radius 3 is 2.55 bits per heavy atom. The number of rotatable bonds is 8. The lowest BCUT2D eigenvalue weighted by molar-refractivity contribution is -0.149. The molecule has 0 unspecified atom stereocenters. The standard InChI is InChI=1S/C15H22BrNO3/c1-4-15(5-2,14(18)19)10-17-9-11-8-12(16)6-7-13(11)20-3/h6-8,17H,4-5,9-10H2,1-3H3,(H,18,19). The van der Waals surface area contributed by atoms with Crippen molar-refractivity contribution < 1.29 is 14.6 Å². The van der Waals surface area contributed by atoms with E-state index in [1.807, 2.05) is 32.0 Å². The van der Waals surface area contributed by atoms with Crippen LogP contribution in [0.3, 0.4) is 0 Å². The van der Waals surface area contributed by atoms with E-state index in [1.165, 1.54) is 0 Å². The minimum absolute atomic E-state index is 0.449. The van der Waals surface area contributed by atoms with Crippen LogP contribution >= 0.6 is 15.9 Å². The van der Waals surface area contributed by atoms with Crippen molar-refractivity contribution in [3.05, 3.63) is 28.2 Å². The second-order valence-electron chi connectivity index (χ2n) is 4.85. The maximum atomic E-state index is 11.4. The van der Waals surface area contributed by atoms with Crippen LogP contribution in [0.1, 0.15) is 32.3 Å². The molecule has 4 nitrogen and oxygen atoms in total. The van der Waals surface area contributed by atoms with Crippen molar-refractivity contribution in [1.29, 1.82) is 0 Å². The number of carbonyl (C=O) groups is 1. The minimum atomic E-state index is -0.740. The molecule has 0 saturated heterocycles. The molecular formula is C15H22BrNO3. The predicted octanol–water partition coefficient (Wildman–Crippen LogP) is 3.44. The Morgan fingerprint density at radius 1 is 1.40 bits per heavy atom. The van der Waals surface area contributed by atoms with Crippen molar-refractivity contribution in [1.82, 2.24) is 5.32 Å². The highest BCUT2D eigenvalue weighted by Gasteiger charge is 2.34. The minimum Gasteiger partial charge on any atom is -0.496 e. The number of hydrogen-bond acceptors (Lipinski definition) is 3. The fourth-order valence-corrected chi connectivity index (χ4v) is 2.61. The first-order valence-electron chi connectivity index (χ1n) is 6.75. The second-order valence-corrected chi connectivity index (χ2v) is 5.77. The Balaban J connectivity index is 2.72. The van der Waals surface area contributed by atoms with Crippen LogP contribution in [0, 0.1) is 5.41 Å². The predicted molar refractivity (Wildman–Crippen MR) is 83.1 cm³/mol. The van der Waals surface area contributed by atoms with Crippen LogP contribution in [0.15, 0.2) is 22.7 Å². The monoisotopic (exact) mass is 343 g/mol. The molecule has 0 fully saturated rings. The average molecular weight is 344 g/mol. The van der Waals surface area contributed by atoms with E-state index in [4.69, 9.17) is 4.74 Å². The van der Waals surface area contributed by atoms with E-state index in [2.05, 4.69) is 21.2 Å². The number of hydrogen-bond donors (Lipinski definition) is 2. The van der Waals surface area contributed by atoms with Crippen molar-refractivity contribution in [2.75, 3.05) is 13.7 Å². The van der Waals surface area contributed by atoms with Crippen molar-refractivity contribution >= 4 is 21.9 Å². The highest BCUT2D eigenvalue weighted by atomic mass is 79.9. The van der Waals surface area contributed by atoms with E-state index >= 15 is 0 Å². The molecule has 1 aromatic rings. The number of aliphatic carboxylic acids is 1. The largest absolute Gasteiger partial charge is 0.496 e. The van der Waals surface area contributed by atoms with Crippen LogP contribution in [0.4, 0.5) is 0 Å². The number of halogens is 1. The highest BCUT2D eigenvalue weighted by Crippen LogP contribution is 2.27. The third-order valence-corrected chi connectivity index (χ3v) is 4.32. The van der Waals surface area contributed by atoms with Crippen LogP contribution in [0.5, 0.6) is 5.75 Å². The van der Waals surface area contributed by atoms with Gasteiger partial charge in [0.1, 0.15) is 5.75 Å². The molecule has 112 valence electrons. The third kappa shape index (κ3) is 3.96. The van der Waals surface area contributed by atoms with Gasteiger partial charge in [0.2, 0.25) is 0 Å². The molecule has 1 rings (SSSR count). The van der Waals surface area contributed by atoms with Crippen molar-refractivity contribution in [2.45, 2.75) is 33.2 Å². The number of methoxy groups -OCH3 is 1. The summed E-state index contributed by atoms with van der Waals surface area (Å²) in [4.78, 5) is 11.4. The summed E-state index contributed by atoms with van der Waals surface area (Å²) in [7, 11) is 1.63. The summed E-state index contributed by atoms with van der Waals surface area (Å²) in [6.45, 7) is 4.86. The first-order chi connectivity index (χ1) is 9.49. The molecule has 0 radical (unpaired) electrons.